The van der Waals surface area contributed by atoms with E-state index in [0.29, 0.717) is 6.42 Å². The highest BCUT2D eigenvalue weighted by molar-refractivity contribution is 5.99. The van der Waals surface area contributed by atoms with Gasteiger partial charge in [-0.3, -0.25) is 4.79 Å². The van der Waals surface area contributed by atoms with Crippen LogP contribution < -0.4 is 0 Å². The Labute approximate surface area is 128 Å². The summed E-state index contributed by atoms with van der Waals surface area (Å²) in [4.78, 5) is 12.9. The van der Waals surface area contributed by atoms with E-state index in [-0.39, 0.29) is 11.4 Å². The minimum Gasteiger partial charge on any atom is -0.378 e. The summed E-state index contributed by atoms with van der Waals surface area (Å²) in [5.74, 6) is 0.271. The number of hydrogen-bond donors (Lipinski definition) is 0. The lowest BCUT2D eigenvalue weighted by Gasteiger charge is -2.40. The largest absolute Gasteiger partial charge is 0.378 e. The number of benzene rings is 1. The molecule has 1 aliphatic rings. The molecule has 2 rings (SSSR count). The van der Waals surface area contributed by atoms with E-state index in [0.717, 1.165) is 37.7 Å². The summed E-state index contributed by atoms with van der Waals surface area (Å²) in [7, 11) is 1.74. The zero-order valence-corrected chi connectivity index (χ0v) is 13.9. The third kappa shape index (κ3) is 3.21. The van der Waals surface area contributed by atoms with Crippen LogP contribution in [-0.4, -0.2) is 18.5 Å². The lowest BCUT2D eigenvalue weighted by atomic mass is 9.75. The van der Waals surface area contributed by atoms with Crippen molar-refractivity contribution in [2.24, 2.45) is 0 Å². The fraction of sp³-hybridized carbons (Fsp3) is 0.632. The SMILES string of the molecule is CCc1cc(CC)c(C(=O)CC2(OC)CCC2)c(CC)c1. The second-order valence-electron chi connectivity index (χ2n) is 6.19. The number of ketones is 1. The summed E-state index contributed by atoms with van der Waals surface area (Å²) < 4.78 is 5.64. The molecule has 1 fully saturated rings. The Morgan fingerprint density at radius 3 is 2.00 bits per heavy atom. The predicted octanol–water partition coefficient (Wildman–Crippen LogP) is 4.52. The Morgan fingerprint density at radius 2 is 1.67 bits per heavy atom. The van der Waals surface area contributed by atoms with Crippen molar-refractivity contribution >= 4 is 5.78 Å². The van der Waals surface area contributed by atoms with Crippen LogP contribution in [0.5, 0.6) is 0 Å². The molecule has 0 unspecified atom stereocenters. The molecule has 1 aliphatic carbocycles. The Kier molecular flexibility index (Phi) is 5.21. The smallest absolute Gasteiger partial charge is 0.166 e. The number of carbonyl (C=O) groups is 1. The fourth-order valence-corrected chi connectivity index (χ4v) is 3.36. The molecular formula is C19H28O2. The molecule has 2 heteroatoms. The van der Waals surface area contributed by atoms with Crippen molar-refractivity contribution in [3.8, 4) is 0 Å². The third-order valence-electron chi connectivity index (χ3n) is 4.99. The molecule has 0 atom stereocenters. The highest BCUT2D eigenvalue weighted by Gasteiger charge is 2.39. The average Bonchev–Trinajstić information content (AvgIpc) is 2.48. The van der Waals surface area contributed by atoms with E-state index in [1.807, 2.05) is 0 Å². The summed E-state index contributed by atoms with van der Waals surface area (Å²) in [6.07, 6.45) is 6.61. The van der Waals surface area contributed by atoms with Crippen molar-refractivity contribution < 1.29 is 9.53 Å². The van der Waals surface area contributed by atoms with Gasteiger partial charge in [-0.15, -0.1) is 0 Å². The first-order chi connectivity index (χ1) is 10.1. The normalized spacial score (nSPS) is 16.6. The van der Waals surface area contributed by atoms with Gasteiger partial charge in [-0.2, -0.15) is 0 Å². The quantitative estimate of drug-likeness (QED) is 0.690. The van der Waals surface area contributed by atoms with Crippen molar-refractivity contribution in [1.29, 1.82) is 0 Å². The molecule has 0 spiro atoms. The van der Waals surface area contributed by atoms with Crippen molar-refractivity contribution in [3.05, 3.63) is 34.4 Å². The number of Topliss-reactive ketones (excluding diaryl/α,β-unsaturated/α-hetero) is 1. The molecule has 0 aliphatic heterocycles. The van der Waals surface area contributed by atoms with Crippen LogP contribution in [0.2, 0.25) is 0 Å². The standard InChI is InChI=1S/C19H28O2/c1-5-14-11-15(6-2)18(16(7-3)12-14)17(20)13-19(21-4)9-8-10-19/h11-12H,5-10,13H2,1-4H3. The maximum Gasteiger partial charge on any atom is 0.166 e. The number of methoxy groups -OCH3 is 1. The van der Waals surface area contributed by atoms with Gasteiger partial charge in [0.1, 0.15) is 0 Å². The molecule has 0 radical (unpaired) electrons. The fourth-order valence-electron chi connectivity index (χ4n) is 3.36. The molecule has 1 aromatic rings. The van der Waals surface area contributed by atoms with Gasteiger partial charge in [0, 0.05) is 19.1 Å². The van der Waals surface area contributed by atoms with Crippen molar-refractivity contribution in [2.45, 2.75) is 71.3 Å². The Bertz CT molecular complexity index is 482. The van der Waals surface area contributed by atoms with Crippen LogP contribution in [-0.2, 0) is 24.0 Å². The zero-order chi connectivity index (χ0) is 15.5. The van der Waals surface area contributed by atoms with Crippen LogP contribution in [0.1, 0.15) is 73.5 Å². The minimum atomic E-state index is -0.184. The van der Waals surface area contributed by atoms with E-state index < -0.39 is 0 Å². The first-order valence-electron chi connectivity index (χ1n) is 8.32. The molecule has 21 heavy (non-hydrogen) atoms. The van der Waals surface area contributed by atoms with Crippen LogP contribution in [0.15, 0.2) is 12.1 Å². The van der Waals surface area contributed by atoms with Gasteiger partial charge >= 0.3 is 0 Å². The Morgan fingerprint density at radius 1 is 1.10 bits per heavy atom. The van der Waals surface area contributed by atoms with Crippen molar-refractivity contribution in [2.75, 3.05) is 7.11 Å². The number of hydrogen-bond acceptors (Lipinski definition) is 2. The molecule has 1 aromatic carbocycles. The van der Waals surface area contributed by atoms with E-state index in [1.165, 1.54) is 23.1 Å². The highest BCUT2D eigenvalue weighted by atomic mass is 16.5. The minimum absolute atomic E-state index is 0.184. The Balaban J connectivity index is 2.34. The number of aryl methyl sites for hydroxylation is 3. The molecule has 0 bridgehead atoms. The number of rotatable bonds is 7. The molecule has 0 heterocycles. The summed E-state index contributed by atoms with van der Waals surface area (Å²) in [6, 6.07) is 4.43. The van der Waals surface area contributed by atoms with E-state index in [2.05, 4.69) is 32.9 Å². The molecule has 0 aromatic heterocycles. The third-order valence-corrected chi connectivity index (χ3v) is 4.99. The van der Waals surface area contributed by atoms with Crippen LogP contribution in [0.4, 0.5) is 0 Å². The molecule has 0 N–H and O–H groups in total. The predicted molar refractivity (Wildman–Crippen MR) is 87.1 cm³/mol. The maximum absolute atomic E-state index is 12.9. The van der Waals surface area contributed by atoms with Crippen LogP contribution in [0.3, 0.4) is 0 Å². The van der Waals surface area contributed by atoms with Crippen LogP contribution in [0.25, 0.3) is 0 Å². The van der Waals surface area contributed by atoms with E-state index in [1.54, 1.807) is 7.11 Å². The van der Waals surface area contributed by atoms with Gasteiger partial charge in [-0.1, -0.05) is 32.9 Å². The van der Waals surface area contributed by atoms with Gasteiger partial charge in [0.05, 0.1) is 5.60 Å². The summed E-state index contributed by atoms with van der Waals surface area (Å²) in [5, 5.41) is 0. The summed E-state index contributed by atoms with van der Waals surface area (Å²) >= 11 is 0. The summed E-state index contributed by atoms with van der Waals surface area (Å²) in [5.41, 5.74) is 4.55. The van der Waals surface area contributed by atoms with Crippen molar-refractivity contribution in [1.82, 2.24) is 0 Å². The average molecular weight is 288 g/mol. The van der Waals surface area contributed by atoms with E-state index in [4.69, 9.17) is 4.74 Å². The van der Waals surface area contributed by atoms with Gasteiger partial charge in [0.15, 0.2) is 5.78 Å². The number of carbonyl (C=O) groups excluding carboxylic acids is 1. The van der Waals surface area contributed by atoms with E-state index >= 15 is 0 Å². The van der Waals surface area contributed by atoms with Crippen molar-refractivity contribution in [3.63, 3.8) is 0 Å². The van der Waals surface area contributed by atoms with E-state index in [9.17, 15) is 4.79 Å². The first-order valence-corrected chi connectivity index (χ1v) is 8.32. The van der Waals surface area contributed by atoms with Gasteiger partial charge in [-0.05, 0) is 55.2 Å². The highest BCUT2D eigenvalue weighted by Crippen LogP contribution is 2.39. The van der Waals surface area contributed by atoms with Gasteiger partial charge < -0.3 is 4.74 Å². The van der Waals surface area contributed by atoms with Gasteiger partial charge in [0.2, 0.25) is 0 Å². The molecule has 1 saturated carbocycles. The Hall–Kier alpha value is -1.15. The molecule has 0 amide bonds. The van der Waals surface area contributed by atoms with Gasteiger partial charge in [-0.25, -0.2) is 0 Å². The van der Waals surface area contributed by atoms with Crippen LogP contribution in [0, 0.1) is 0 Å². The molecule has 116 valence electrons. The first kappa shape index (κ1) is 16.2. The van der Waals surface area contributed by atoms with Crippen LogP contribution >= 0.6 is 0 Å². The lowest BCUT2D eigenvalue weighted by molar-refractivity contribution is -0.0705. The molecule has 2 nitrogen and oxygen atoms in total. The number of ether oxygens (including phenoxy) is 1. The summed E-state index contributed by atoms with van der Waals surface area (Å²) in [6.45, 7) is 6.45. The monoisotopic (exact) mass is 288 g/mol. The second-order valence-corrected chi connectivity index (χ2v) is 6.19. The maximum atomic E-state index is 12.9. The topological polar surface area (TPSA) is 26.3 Å². The second kappa shape index (κ2) is 6.74. The molecule has 0 saturated heterocycles. The molecular weight excluding hydrogens is 260 g/mol. The zero-order valence-electron chi connectivity index (χ0n) is 13.9. The lowest BCUT2D eigenvalue weighted by Crippen LogP contribution is -2.41. The van der Waals surface area contributed by atoms with Gasteiger partial charge in [0.25, 0.3) is 0 Å².